The van der Waals surface area contributed by atoms with Crippen LogP contribution < -0.4 is 4.74 Å². The minimum atomic E-state index is -0.803. The molecule has 0 amide bonds. The predicted molar refractivity (Wildman–Crippen MR) is 83.8 cm³/mol. The van der Waals surface area contributed by atoms with Crippen LogP contribution in [0, 0.1) is 15.9 Å². The summed E-state index contributed by atoms with van der Waals surface area (Å²) in [5, 5.41) is 10.9. The second kappa shape index (κ2) is 6.33. The van der Waals surface area contributed by atoms with Crippen LogP contribution >= 0.6 is 0 Å². The van der Waals surface area contributed by atoms with Crippen LogP contribution in [0.3, 0.4) is 0 Å². The van der Waals surface area contributed by atoms with E-state index in [1.807, 2.05) is 29.1 Å². The Morgan fingerprint density at radius 3 is 2.38 bits per heavy atom. The van der Waals surface area contributed by atoms with Gasteiger partial charge in [-0.25, -0.2) is 9.18 Å². The van der Waals surface area contributed by atoms with Crippen LogP contribution in [-0.4, -0.2) is 15.5 Å². The van der Waals surface area contributed by atoms with Crippen LogP contribution in [0.4, 0.5) is 10.1 Å². The molecule has 1 heterocycles. The van der Waals surface area contributed by atoms with E-state index in [-0.39, 0.29) is 5.56 Å². The van der Waals surface area contributed by atoms with Gasteiger partial charge in [0.2, 0.25) is 5.75 Å². The third-order valence-electron chi connectivity index (χ3n) is 3.33. The van der Waals surface area contributed by atoms with Gasteiger partial charge in [0.25, 0.3) is 0 Å². The highest BCUT2D eigenvalue weighted by atomic mass is 19.1. The van der Waals surface area contributed by atoms with Gasteiger partial charge in [-0.1, -0.05) is 0 Å². The fourth-order valence-corrected chi connectivity index (χ4v) is 2.16. The lowest BCUT2D eigenvalue weighted by molar-refractivity contribution is -0.385. The number of nitro groups is 1. The fourth-order valence-electron chi connectivity index (χ4n) is 2.16. The van der Waals surface area contributed by atoms with Gasteiger partial charge in [-0.05, 0) is 42.5 Å². The first-order valence-electron chi connectivity index (χ1n) is 6.94. The summed E-state index contributed by atoms with van der Waals surface area (Å²) in [6.07, 6.45) is 3.70. The van der Waals surface area contributed by atoms with E-state index >= 15 is 0 Å². The number of hydrogen-bond acceptors (Lipinski definition) is 4. The van der Waals surface area contributed by atoms with Crippen molar-refractivity contribution in [2.75, 3.05) is 0 Å². The normalized spacial score (nSPS) is 10.4. The lowest BCUT2D eigenvalue weighted by Gasteiger charge is -2.07. The van der Waals surface area contributed by atoms with Crippen molar-refractivity contribution < 1.29 is 18.8 Å². The molecule has 0 saturated carbocycles. The Morgan fingerprint density at radius 1 is 1.08 bits per heavy atom. The summed E-state index contributed by atoms with van der Waals surface area (Å²) in [5.41, 5.74) is 0.562. The highest BCUT2D eigenvalue weighted by Gasteiger charge is 2.19. The van der Waals surface area contributed by atoms with E-state index in [1.54, 1.807) is 12.1 Å². The molecular weight excluding hydrogens is 315 g/mol. The smallest absolute Gasteiger partial charge is 0.343 e. The molecule has 0 atom stereocenters. The first-order chi connectivity index (χ1) is 11.5. The van der Waals surface area contributed by atoms with E-state index in [9.17, 15) is 19.3 Å². The standard InChI is InChI=1S/C17H11FN2O4/c18-13-5-8-15(20(22)23)16(11-13)24-17(21)12-3-6-14(7-4-12)19-9-1-2-10-19/h1-11H. The predicted octanol–water partition coefficient (Wildman–Crippen LogP) is 3.74. The summed E-state index contributed by atoms with van der Waals surface area (Å²) in [6.45, 7) is 0. The maximum atomic E-state index is 13.3. The number of halogens is 1. The van der Waals surface area contributed by atoms with Crippen LogP contribution in [0.2, 0.25) is 0 Å². The molecule has 0 fully saturated rings. The molecule has 3 aromatic rings. The molecule has 0 aliphatic rings. The molecule has 2 aromatic carbocycles. The summed E-state index contributed by atoms with van der Waals surface area (Å²) in [7, 11) is 0. The maximum absolute atomic E-state index is 13.3. The summed E-state index contributed by atoms with van der Waals surface area (Å²) >= 11 is 0. The number of ether oxygens (including phenoxy) is 1. The molecule has 120 valence electrons. The number of carbonyl (C=O) groups excluding carboxylic acids is 1. The molecule has 0 unspecified atom stereocenters. The zero-order valence-corrected chi connectivity index (χ0v) is 12.3. The van der Waals surface area contributed by atoms with E-state index < -0.39 is 28.1 Å². The molecule has 0 saturated heterocycles. The molecule has 6 nitrogen and oxygen atoms in total. The highest BCUT2D eigenvalue weighted by Crippen LogP contribution is 2.28. The molecular formula is C17H11FN2O4. The number of carbonyl (C=O) groups is 1. The average molecular weight is 326 g/mol. The number of hydrogen-bond donors (Lipinski definition) is 0. The maximum Gasteiger partial charge on any atom is 0.343 e. The van der Waals surface area contributed by atoms with Gasteiger partial charge >= 0.3 is 11.7 Å². The van der Waals surface area contributed by atoms with Crippen LogP contribution in [-0.2, 0) is 0 Å². The summed E-state index contributed by atoms with van der Waals surface area (Å²) in [6, 6.07) is 12.9. The topological polar surface area (TPSA) is 74.4 Å². The van der Waals surface area contributed by atoms with Crippen molar-refractivity contribution in [3.63, 3.8) is 0 Å². The fraction of sp³-hybridized carbons (Fsp3) is 0. The summed E-state index contributed by atoms with van der Waals surface area (Å²) in [4.78, 5) is 22.3. The molecule has 24 heavy (non-hydrogen) atoms. The second-order valence-corrected chi connectivity index (χ2v) is 4.90. The zero-order valence-electron chi connectivity index (χ0n) is 12.3. The SMILES string of the molecule is O=C(Oc1cc(F)ccc1[N+](=O)[O-])c1ccc(-n2cccc2)cc1. The molecule has 0 radical (unpaired) electrons. The third kappa shape index (κ3) is 3.14. The molecule has 3 rings (SSSR count). The van der Waals surface area contributed by atoms with E-state index in [4.69, 9.17) is 4.74 Å². The van der Waals surface area contributed by atoms with E-state index in [1.165, 1.54) is 12.1 Å². The van der Waals surface area contributed by atoms with Crippen LogP contribution in [0.1, 0.15) is 10.4 Å². The van der Waals surface area contributed by atoms with E-state index in [2.05, 4.69) is 0 Å². The molecule has 0 aliphatic carbocycles. The number of esters is 1. The number of benzene rings is 2. The van der Waals surface area contributed by atoms with Gasteiger partial charge in [-0.3, -0.25) is 10.1 Å². The lowest BCUT2D eigenvalue weighted by Crippen LogP contribution is -2.10. The Balaban J connectivity index is 1.83. The van der Waals surface area contributed by atoms with Gasteiger partial charge < -0.3 is 9.30 Å². The van der Waals surface area contributed by atoms with Gasteiger partial charge in [0.15, 0.2) is 0 Å². The third-order valence-corrected chi connectivity index (χ3v) is 3.33. The van der Waals surface area contributed by atoms with Crippen LogP contribution in [0.25, 0.3) is 5.69 Å². The van der Waals surface area contributed by atoms with Crippen molar-refractivity contribution in [1.29, 1.82) is 0 Å². The first-order valence-corrected chi connectivity index (χ1v) is 6.94. The van der Waals surface area contributed by atoms with Crippen molar-refractivity contribution in [2.24, 2.45) is 0 Å². The zero-order chi connectivity index (χ0) is 17.1. The van der Waals surface area contributed by atoms with Crippen LogP contribution in [0.15, 0.2) is 67.0 Å². The number of aromatic nitrogens is 1. The molecule has 7 heteroatoms. The quantitative estimate of drug-likeness (QED) is 0.317. The van der Waals surface area contributed by atoms with Crippen LogP contribution in [0.5, 0.6) is 5.75 Å². The van der Waals surface area contributed by atoms with Crippen molar-refractivity contribution in [1.82, 2.24) is 4.57 Å². The largest absolute Gasteiger partial charge is 0.415 e. The minimum absolute atomic E-state index is 0.199. The van der Waals surface area contributed by atoms with Gasteiger partial charge in [-0.15, -0.1) is 0 Å². The van der Waals surface area contributed by atoms with E-state index in [0.29, 0.717) is 0 Å². The van der Waals surface area contributed by atoms with E-state index in [0.717, 1.165) is 23.9 Å². The minimum Gasteiger partial charge on any atom is -0.415 e. The number of rotatable bonds is 4. The van der Waals surface area contributed by atoms with Crippen molar-refractivity contribution in [3.05, 3.63) is 88.5 Å². The Morgan fingerprint density at radius 2 is 1.75 bits per heavy atom. The lowest BCUT2D eigenvalue weighted by atomic mass is 10.2. The molecule has 0 aliphatic heterocycles. The Labute approximate surface area is 135 Å². The highest BCUT2D eigenvalue weighted by molar-refractivity contribution is 5.91. The monoisotopic (exact) mass is 326 g/mol. The van der Waals surface area contributed by atoms with Crippen molar-refractivity contribution in [3.8, 4) is 11.4 Å². The van der Waals surface area contributed by atoms with Gasteiger partial charge in [-0.2, -0.15) is 0 Å². The number of nitrogens with zero attached hydrogens (tertiary/aromatic N) is 2. The van der Waals surface area contributed by atoms with Gasteiger partial charge in [0.1, 0.15) is 5.82 Å². The molecule has 0 spiro atoms. The average Bonchev–Trinajstić information content (AvgIpc) is 3.09. The second-order valence-electron chi connectivity index (χ2n) is 4.90. The molecule has 0 bridgehead atoms. The summed E-state index contributed by atoms with van der Waals surface area (Å²) < 4.78 is 20.1. The Hall–Kier alpha value is -3.48. The number of nitro benzene ring substituents is 1. The molecule has 0 N–H and O–H groups in total. The van der Waals surface area contributed by atoms with Gasteiger partial charge in [0.05, 0.1) is 10.5 Å². The van der Waals surface area contributed by atoms with Gasteiger partial charge in [0, 0.05) is 30.2 Å². The first kappa shape index (κ1) is 15.4. The van der Waals surface area contributed by atoms with Crippen molar-refractivity contribution >= 4 is 11.7 Å². The Bertz CT molecular complexity index is 889. The van der Waals surface area contributed by atoms with Crippen molar-refractivity contribution in [2.45, 2.75) is 0 Å². The summed E-state index contributed by atoms with van der Waals surface area (Å²) in [5.74, 6) is -1.96. The Kier molecular flexibility index (Phi) is 4.07. The molecule has 1 aromatic heterocycles.